The Labute approximate surface area is 84.6 Å². The fourth-order valence-electron chi connectivity index (χ4n) is 1.66. The normalized spacial score (nSPS) is 10.1. The van der Waals surface area contributed by atoms with Crippen molar-refractivity contribution in [2.24, 2.45) is 7.05 Å². The average Bonchev–Trinajstić information content (AvgIpc) is 2.20. The maximum Gasteiger partial charge on any atom is 0.212 e. The second-order valence-electron chi connectivity index (χ2n) is 3.51. The number of aromatic nitrogens is 1. The standard InChI is InChI=1S/C13H14N/c1-11-7-3-4-8-12(11)13-9-5-6-10-14(13)2/h3-10H,1-2H3/q+1. The van der Waals surface area contributed by atoms with Gasteiger partial charge in [0, 0.05) is 17.7 Å². The summed E-state index contributed by atoms with van der Waals surface area (Å²) in [6.45, 7) is 2.14. The van der Waals surface area contributed by atoms with Gasteiger partial charge < -0.3 is 0 Å². The number of aryl methyl sites for hydroxylation is 2. The Hall–Kier alpha value is -1.63. The van der Waals surface area contributed by atoms with E-state index >= 15 is 0 Å². The molecule has 14 heavy (non-hydrogen) atoms. The third-order valence-corrected chi connectivity index (χ3v) is 2.48. The van der Waals surface area contributed by atoms with E-state index in [1.807, 2.05) is 6.07 Å². The minimum absolute atomic E-state index is 1.26. The van der Waals surface area contributed by atoms with Crippen LogP contribution in [-0.2, 0) is 7.05 Å². The van der Waals surface area contributed by atoms with Crippen molar-refractivity contribution in [1.29, 1.82) is 0 Å². The van der Waals surface area contributed by atoms with E-state index in [1.54, 1.807) is 0 Å². The van der Waals surface area contributed by atoms with Crippen LogP contribution in [0.4, 0.5) is 0 Å². The summed E-state index contributed by atoms with van der Waals surface area (Å²) in [5.41, 5.74) is 3.87. The van der Waals surface area contributed by atoms with Crippen molar-refractivity contribution in [3.63, 3.8) is 0 Å². The molecular formula is C13H14N+. The first-order chi connectivity index (χ1) is 6.79. The van der Waals surface area contributed by atoms with Crippen molar-refractivity contribution in [2.75, 3.05) is 0 Å². The van der Waals surface area contributed by atoms with Crippen molar-refractivity contribution in [1.82, 2.24) is 0 Å². The van der Waals surface area contributed by atoms with E-state index in [0.717, 1.165) is 0 Å². The molecule has 0 saturated carbocycles. The highest BCUT2D eigenvalue weighted by molar-refractivity contribution is 5.60. The summed E-state index contributed by atoms with van der Waals surface area (Å²) in [5, 5.41) is 0. The van der Waals surface area contributed by atoms with Crippen LogP contribution >= 0.6 is 0 Å². The quantitative estimate of drug-likeness (QED) is 0.599. The third kappa shape index (κ3) is 1.53. The zero-order valence-electron chi connectivity index (χ0n) is 8.57. The van der Waals surface area contributed by atoms with Gasteiger partial charge in [-0.15, -0.1) is 0 Å². The van der Waals surface area contributed by atoms with E-state index in [0.29, 0.717) is 0 Å². The van der Waals surface area contributed by atoms with Gasteiger partial charge in [0.1, 0.15) is 7.05 Å². The van der Waals surface area contributed by atoms with Crippen LogP contribution in [0.1, 0.15) is 5.56 Å². The average molecular weight is 184 g/mol. The molecule has 0 atom stereocenters. The molecule has 0 saturated heterocycles. The van der Waals surface area contributed by atoms with E-state index in [9.17, 15) is 0 Å². The molecule has 0 aliphatic heterocycles. The number of nitrogens with zero attached hydrogens (tertiary/aromatic N) is 1. The monoisotopic (exact) mass is 184 g/mol. The molecule has 1 nitrogen and oxygen atoms in total. The second-order valence-corrected chi connectivity index (χ2v) is 3.51. The molecule has 2 rings (SSSR count). The summed E-state index contributed by atoms with van der Waals surface area (Å²) >= 11 is 0. The van der Waals surface area contributed by atoms with Crippen molar-refractivity contribution in [2.45, 2.75) is 6.92 Å². The van der Waals surface area contributed by atoms with Gasteiger partial charge in [-0.05, 0) is 24.6 Å². The molecule has 0 aliphatic rings. The van der Waals surface area contributed by atoms with Crippen LogP contribution in [0.25, 0.3) is 11.3 Å². The summed E-state index contributed by atoms with van der Waals surface area (Å²) in [4.78, 5) is 0. The largest absolute Gasteiger partial charge is 0.212 e. The lowest BCUT2D eigenvalue weighted by atomic mass is 10.1. The molecule has 0 fully saturated rings. The zero-order valence-corrected chi connectivity index (χ0v) is 8.57. The van der Waals surface area contributed by atoms with Gasteiger partial charge in [-0.1, -0.05) is 18.2 Å². The molecule has 1 heterocycles. The van der Waals surface area contributed by atoms with E-state index < -0.39 is 0 Å². The van der Waals surface area contributed by atoms with Gasteiger partial charge in [-0.25, -0.2) is 4.57 Å². The number of pyridine rings is 1. The van der Waals surface area contributed by atoms with Gasteiger partial charge in [0.25, 0.3) is 0 Å². The fourth-order valence-corrected chi connectivity index (χ4v) is 1.66. The summed E-state index contributed by atoms with van der Waals surface area (Å²) < 4.78 is 2.14. The summed E-state index contributed by atoms with van der Waals surface area (Å²) in [6.07, 6.45) is 2.07. The second kappa shape index (κ2) is 3.62. The van der Waals surface area contributed by atoms with Crippen LogP contribution in [0.2, 0.25) is 0 Å². The number of rotatable bonds is 1. The number of benzene rings is 1. The van der Waals surface area contributed by atoms with Crippen molar-refractivity contribution in [3.05, 3.63) is 54.2 Å². The fraction of sp³-hybridized carbons (Fsp3) is 0.154. The molecule has 0 aliphatic carbocycles. The highest BCUT2D eigenvalue weighted by atomic mass is 14.9. The Kier molecular flexibility index (Phi) is 2.32. The molecule has 1 aromatic carbocycles. The van der Waals surface area contributed by atoms with Gasteiger partial charge in [0.05, 0.1) is 0 Å². The Balaban J connectivity index is 2.61. The predicted octanol–water partition coefficient (Wildman–Crippen LogP) is 2.49. The van der Waals surface area contributed by atoms with Gasteiger partial charge in [0.15, 0.2) is 6.20 Å². The van der Waals surface area contributed by atoms with Gasteiger partial charge in [0.2, 0.25) is 5.69 Å². The molecule has 0 bridgehead atoms. The van der Waals surface area contributed by atoms with Crippen LogP contribution in [0, 0.1) is 6.92 Å². The van der Waals surface area contributed by atoms with Crippen LogP contribution in [0.3, 0.4) is 0 Å². The van der Waals surface area contributed by atoms with Crippen molar-refractivity contribution >= 4 is 0 Å². The first-order valence-corrected chi connectivity index (χ1v) is 4.80. The molecule has 0 spiro atoms. The van der Waals surface area contributed by atoms with Crippen LogP contribution in [0.15, 0.2) is 48.7 Å². The molecule has 70 valence electrons. The first kappa shape index (κ1) is 8.95. The van der Waals surface area contributed by atoms with Crippen molar-refractivity contribution < 1.29 is 4.57 Å². The van der Waals surface area contributed by atoms with Gasteiger partial charge in [-0.2, -0.15) is 0 Å². The topological polar surface area (TPSA) is 3.88 Å². The van der Waals surface area contributed by atoms with Crippen molar-refractivity contribution in [3.8, 4) is 11.3 Å². The van der Waals surface area contributed by atoms with Crippen LogP contribution in [0.5, 0.6) is 0 Å². The molecule has 2 aromatic rings. The first-order valence-electron chi connectivity index (χ1n) is 4.80. The summed E-state index contributed by atoms with van der Waals surface area (Å²) in [7, 11) is 2.07. The lowest BCUT2D eigenvalue weighted by Crippen LogP contribution is -2.30. The molecule has 0 N–H and O–H groups in total. The molecule has 1 aromatic heterocycles. The lowest BCUT2D eigenvalue weighted by Gasteiger charge is -2.02. The van der Waals surface area contributed by atoms with Crippen LogP contribution in [-0.4, -0.2) is 0 Å². The highest BCUT2D eigenvalue weighted by Crippen LogP contribution is 2.18. The summed E-state index contributed by atoms with van der Waals surface area (Å²) in [6, 6.07) is 14.7. The SMILES string of the molecule is Cc1ccccc1-c1cccc[n+]1C. The van der Waals surface area contributed by atoms with E-state index in [4.69, 9.17) is 0 Å². The maximum atomic E-state index is 2.16. The lowest BCUT2D eigenvalue weighted by molar-refractivity contribution is -0.660. The highest BCUT2D eigenvalue weighted by Gasteiger charge is 2.09. The molecular weight excluding hydrogens is 170 g/mol. The number of hydrogen-bond acceptors (Lipinski definition) is 0. The van der Waals surface area contributed by atoms with Crippen LogP contribution < -0.4 is 4.57 Å². The minimum atomic E-state index is 1.26. The Morgan fingerprint density at radius 1 is 0.929 bits per heavy atom. The molecule has 0 unspecified atom stereocenters. The summed E-state index contributed by atoms with van der Waals surface area (Å²) in [5.74, 6) is 0. The third-order valence-electron chi connectivity index (χ3n) is 2.48. The zero-order chi connectivity index (χ0) is 9.97. The van der Waals surface area contributed by atoms with Gasteiger partial charge >= 0.3 is 0 Å². The smallest absolute Gasteiger partial charge is 0.201 e. The van der Waals surface area contributed by atoms with E-state index in [-0.39, 0.29) is 0 Å². The van der Waals surface area contributed by atoms with Gasteiger partial charge in [-0.3, -0.25) is 0 Å². The molecule has 0 amide bonds. The number of hydrogen-bond donors (Lipinski definition) is 0. The Bertz CT molecular complexity index is 403. The predicted molar refractivity (Wildman–Crippen MR) is 57.8 cm³/mol. The van der Waals surface area contributed by atoms with E-state index in [2.05, 4.69) is 61.1 Å². The molecule has 0 radical (unpaired) electrons. The maximum absolute atomic E-state index is 2.16. The Morgan fingerprint density at radius 3 is 2.36 bits per heavy atom. The Morgan fingerprint density at radius 2 is 1.64 bits per heavy atom. The molecule has 1 heteroatoms. The van der Waals surface area contributed by atoms with E-state index in [1.165, 1.54) is 16.8 Å². The minimum Gasteiger partial charge on any atom is -0.201 e.